The number of carbonyl (C=O) groups excluding carboxylic acids is 1. The van der Waals surface area contributed by atoms with Gasteiger partial charge in [-0.3, -0.25) is 10.1 Å². The minimum atomic E-state index is -0.487. The maximum absolute atomic E-state index is 12.6. The van der Waals surface area contributed by atoms with Gasteiger partial charge in [-0.15, -0.1) is 22.7 Å². The third-order valence-electron chi connectivity index (χ3n) is 3.79. The molecule has 0 fully saturated rings. The number of nitro groups is 1. The molecule has 0 atom stereocenters. The number of nitrogens with zero attached hydrogens (tertiary/aromatic N) is 3. The summed E-state index contributed by atoms with van der Waals surface area (Å²) in [5, 5.41) is 19.6. The summed E-state index contributed by atoms with van der Waals surface area (Å²) in [6.07, 6.45) is 1.56. The van der Waals surface area contributed by atoms with Crippen LogP contribution in [0.15, 0.2) is 66.2 Å². The lowest BCUT2D eigenvalue weighted by Gasteiger charge is -2.07. The van der Waals surface area contributed by atoms with Crippen LogP contribution in [0.5, 0.6) is 0 Å². The average molecular weight is 396 g/mol. The van der Waals surface area contributed by atoms with Gasteiger partial charge in [0.2, 0.25) is 0 Å². The van der Waals surface area contributed by atoms with E-state index in [-0.39, 0.29) is 5.69 Å². The SMILES string of the molecule is O=C(Nc1ccc([N+](=O)[O-])cc1)n1nccc1-c1ccc(-c2cccs2)s1. The maximum Gasteiger partial charge on any atom is 0.347 e. The van der Waals surface area contributed by atoms with Crippen LogP contribution in [-0.2, 0) is 0 Å². The lowest BCUT2D eigenvalue weighted by atomic mass is 10.3. The Kier molecular flexibility index (Phi) is 4.53. The Morgan fingerprint density at radius 1 is 1.04 bits per heavy atom. The molecule has 27 heavy (non-hydrogen) atoms. The first-order valence-corrected chi connectivity index (χ1v) is 9.55. The molecule has 1 amide bonds. The zero-order chi connectivity index (χ0) is 18.8. The van der Waals surface area contributed by atoms with E-state index < -0.39 is 11.0 Å². The number of hydrogen-bond donors (Lipinski definition) is 1. The van der Waals surface area contributed by atoms with Gasteiger partial charge in [-0.1, -0.05) is 6.07 Å². The fourth-order valence-electron chi connectivity index (χ4n) is 2.52. The quantitative estimate of drug-likeness (QED) is 0.373. The fourth-order valence-corrected chi connectivity index (χ4v) is 4.37. The van der Waals surface area contributed by atoms with Crippen molar-refractivity contribution in [3.05, 3.63) is 76.3 Å². The molecule has 0 unspecified atom stereocenters. The monoisotopic (exact) mass is 396 g/mol. The Hall–Kier alpha value is -3.30. The molecule has 0 bridgehead atoms. The van der Waals surface area contributed by atoms with Gasteiger partial charge in [0.25, 0.3) is 5.69 Å². The van der Waals surface area contributed by atoms with E-state index in [1.54, 1.807) is 34.9 Å². The predicted molar refractivity (Wildman–Crippen MR) is 106 cm³/mol. The summed E-state index contributed by atoms with van der Waals surface area (Å²) < 4.78 is 1.28. The van der Waals surface area contributed by atoms with Crippen LogP contribution < -0.4 is 5.32 Å². The minimum Gasteiger partial charge on any atom is -0.306 e. The number of hydrogen-bond acceptors (Lipinski definition) is 6. The van der Waals surface area contributed by atoms with Gasteiger partial charge in [0.05, 0.1) is 21.7 Å². The predicted octanol–water partition coefficient (Wildman–Crippen LogP) is 5.33. The Bertz CT molecular complexity index is 1100. The number of anilines is 1. The summed E-state index contributed by atoms with van der Waals surface area (Å²) in [4.78, 5) is 26.0. The molecule has 4 aromatic rings. The number of thiophene rings is 2. The molecule has 3 aromatic heterocycles. The molecular formula is C18H12N4O3S2. The number of benzene rings is 1. The van der Waals surface area contributed by atoms with Crippen molar-refractivity contribution < 1.29 is 9.72 Å². The number of rotatable bonds is 4. The first-order chi connectivity index (χ1) is 13.1. The summed E-state index contributed by atoms with van der Waals surface area (Å²) >= 11 is 3.25. The van der Waals surface area contributed by atoms with E-state index >= 15 is 0 Å². The molecule has 1 aromatic carbocycles. The Morgan fingerprint density at radius 3 is 2.52 bits per heavy atom. The van der Waals surface area contributed by atoms with E-state index in [0.29, 0.717) is 11.4 Å². The average Bonchev–Trinajstić information content (AvgIpc) is 3.41. The normalized spacial score (nSPS) is 10.7. The van der Waals surface area contributed by atoms with Crippen molar-refractivity contribution in [2.24, 2.45) is 0 Å². The third-order valence-corrected chi connectivity index (χ3v) is 5.96. The van der Waals surface area contributed by atoms with Crippen LogP contribution in [0.3, 0.4) is 0 Å². The van der Waals surface area contributed by atoms with Gasteiger partial charge in [0.1, 0.15) is 0 Å². The number of non-ortho nitro benzene ring substituents is 1. The van der Waals surface area contributed by atoms with Crippen LogP contribution in [0.25, 0.3) is 20.3 Å². The molecule has 0 radical (unpaired) electrons. The highest BCUT2D eigenvalue weighted by molar-refractivity contribution is 7.23. The first-order valence-electron chi connectivity index (χ1n) is 7.86. The molecule has 0 spiro atoms. The molecule has 1 N–H and O–H groups in total. The summed E-state index contributed by atoms with van der Waals surface area (Å²) in [7, 11) is 0. The van der Waals surface area contributed by atoms with Crippen molar-refractivity contribution in [3.63, 3.8) is 0 Å². The maximum atomic E-state index is 12.6. The van der Waals surface area contributed by atoms with Crippen LogP contribution in [0.4, 0.5) is 16.2 Å². The van der Waals surface area contributed by atoms with E-state index in [1.165, 1.54) is 33.8 Å². The Balaban J connectivity index is 1.56. The molecule has 0 saturated carbocycles. The highest BCUT2D eigenvalue weighted by Crippen LogP contribution is 2.36. The van der Waals surface area contributed by atoms with E-state index in [2.05, 4.69) is 16.5 Å². The van der Waals surface area contributed by atoms with Gasteiger partial charge < -0.3 is 5.32 Å². The van der Waals surface area contributed by atoms with Crippen molar-refractivity contribution in [2.75, 3.05) is 5.32 Å². The van der Waals surface area contributed by atoms with E-state index in [1.807, 2.05) is 23.6 Å². The van der Waals surface area contributed by atoms with Crippen molar-refractivity contribution in [1.82, 2.24) is 9.78 Å². The van der Waals surface area contributed by atoms with Gasteiger partial charge >= 0.3 is 6.03 Å². The summed E-state index contributed by atoms with van der Waals surface area (Å²) in [6, 6.07) is 15.0. The summed E-state index contributed by atoms with van der Waals surface area (Å²) in [6.45, 7) is 0. The lowest BCUT2D eigenvalue weighted by Crippen LogP contribution is -2.21. The number of aromatic nitrogens is 2. The lowest BCUT2D eigenvalue weighted by molar-refractivity contribution is -0.384. The summed E-state index contributed by atoms with van der Waals surface area (Å²) in [5.41, 5.74) is 1.10. The summed E-state index contributed by atoms with van der Waals surface area (Å²) in [5.74, 6) is 0. The topological polar surface area (TPSA) is 90.1 Å². The number of amides is 1. The van der Waals surface area contributed by atoms with Crippen LogP contribution in [0.2, 0.25) is 0 Å². The Morgan fingerprint density at radius 2 is 1.81 bits per heavy atom. The van der Waals surface area contributed by atoms with Gasteiger partial charge in [-0.2, -0.15) is 9.78 Å². The molecule has 0 saturated heterocycles. The zero-order valence-corrected chi connectivity index (χ0v) is 15.4. The highest BCUT2D eigenvalue weighted by Gasteiger charge is 2.15. The first kappa shape index (κ1) is 17.1. The van der Waals surface area contributed by atoms with Gasteiger partial charge in [0, 0.05) is 27.6 Å². The van der Waals surface area contributed by atoms with Gasteiger partial charge in [-0.05, 0) is 41.8 Å². The molecule has 7 nitrogen and oxygen atoms in total. The largest absolute Gasteiger partial charge is 0.347 e. The van der Waals surface area contributed by atoms with Crippen molar-refractivity contribution in [1.29, 1.82) is 0 Å². The molecule has 134 valence electrons. The standard InChI is InChI=1S/C18H12N4O3S2/c23-18(20-12-3-5-13(6-4-12)22(24)25)21-14(9-10-19-21)15-7-8-17(27-15)16-2-1-11-26-16/h1-11H,(H,20,23). The van der Waals surface area contributed by atoms with Crippen LogP contribution in [0, 0.1) is 10.1 Å². The molecule has 0 aliphatic carbocycles. The van der Waals surface area contributed by atoms with Crippen molar-refractivity contribution in [3.8, 4) is 20.3 Å². The molecule has 0 aliphatic heterocycles. The van der Waals surface area contributed by atoms with Crippen molar-refractivity contribution >= 4 is 40.1 Å². The van der Waals surface area contributed by atoms with Gasteiger partial charge in [-0.25, -0.2) is 4.79 Å². The molecule has 0 aliphatic rings. The van der Waals surface area contributed by atoms with Gasteiger partial charge in [0.15, 0.2) is 0 Å². The van der Waals surface area contributed by atoms with Crippen LogP contribution in [-0.4, -0.2) is 20.7 Å². The fraction of sp³-hybridized carbons (Fsp3) is 0. The number of nitrogens with one attached hydrogen (secondary N) is 1. The molecular weight excluding hydrogens is 384 g/mol. The number of carbonyl (C=O) groups is 1. The molecule has 3 heterocycles. The van der Waals surface area contributed by atoms with Crippen LogP contribution in [0.1, 0.15) is 0 Å². The van der Waals surface area contributed by atoms with Crippen LogP contribution >= 0.6 is 22.7 Å². The second-order valence-corrected chi connectivity index (χ2v) is 7.54. The van der Waals surface area contributed by atoms with E-state index in [0.717, 1.165) is 9.75 Å². The molecule has 4 rings (SSSR count). The van der Waals surface area contributed by atoms with E-state index in [4.69, 9.17) is 0 Å². The smallest absolute Gasteiger partial charge is 0.306 e. The second-order valence-electron chi connectivity index (χ2n) is 5.50. The third kappa shape index (κ3) is 3.50. The highest BCUT2D eigenvalue weighted by atomic mass is 32.1. The Labute approximate surface area is 161 Å². The van der Waals surface area contributed by atoms with Crippen molar-refractivity contribution in [2.45, 2.75) is 0 Å². The number of nitro benzene ring substituents is 1. The minimum absolute atomic E-state index is 0.0348. The van der Waals surface area contributed by atoms with E-state index in [9.17, 15) is 14.9 Å². The molecule has 9 heteroatoms. The zero-order valence-electron chi connectivity index (χ0n) is 13.7. The second kappa shape index (κ2) is 7.14.